The Morgan fingerprint density at radius 1 is 0.833 bits per heavy atom. The lowest BCUT2D eigenvalue weighted by Gasteiger charge is -2.03. The zero-order valence-corrected chi connectivity index (χ0v) is 10.2. The second-order valence-electron chi connectivity index (χ2n) is 4.46. The van der Waals surface area contributed by atoms with Crippen molar-refractivity contribution in [2.75, 3.05) is 0 Å². The van der Waals surface area contributed by atoms with Gasteiger partial charge in [0, 0.05) is 0 Å². The topological polar surface area (TPSA) is 0 Å². The molecule has 0 aromatic heterocycles. The zero-order chi connectivity index (χ0) is 12.5. The summed E-state index contributed by atoms with van der Waals surface area (Å²) in [6.45, 7) is 7.87. The van der Waals surface area contributed by atoms with Crippen LogP contribution in [0.25, 0.3) is 34.2 Å². The maximum Gasteiger partial charge on any atom is -0.00992 e. The zero-order valence-electron chi connectivity index (χ0n) is 10.2. The summed E-state index contributed by atoms with van der Waals surface area (Å²) in [5.41, 5.74) is 0. The quantitative estimate of drug-likeness (QED) is 0.562. The van der Waals surface area contributed by atoms with Gasteiger partial charge in [-0.1, -0.05) is 61.7 Å². The number of hydrogen-bond acceptors (Lipinski definition) is 0. The summed E-state index contributed by atoms with van der Waals surface area (Å²) in [5.74, 6) is 0. The van der Waals surface area contributed by atoms with Gasteiger partial charge in [0.05, 0.1) is 0 Å². The van der Waals surface area contributed by atoms with Crippen molar-refractivity contribution in [3.05, 3.63) is 71.6 Å². The normalized spacial score (nSPS) is 12.1. The molecule has 86 valence electrons. The van der Waals surface area contributed by atoms with Crippen molar-refractivity contribution < 1.29 is 0 Å². The van der Waals surface area contributed by atoms with Crippen molar-refractivity contribution in [1.82, 2.24) is 0 Å². The molecule has 0 aliphatic rings. The van der Waals surface area contributed by atoms with E-state index in [2.05, 4.69) is 61.7 Å². The van der Waals surface area contributed by atoms with E-state index in [4.69, 9.17) is 0 Å². The molecule has 0 bridgehead atoms. The largest absolute Gasteiger partial charge is 0.0990 e. The van der Waals surface area contributed by atoms with Crippen molar-refractivity contribution >= 4 is 34.2 Å². The Hall–Kier alpha value is -2.34. The van der Waals surface area contributed by atoms with Crippen LogP contribution in [-0.4, -0.2) is 0 Å². The molecule has 0 unspecified atom stereocenters. The van der Waals surface area contributed by atoms with Gasteiger partial charge in [0.2, 0.25) is 0 Å². The molecule has 0 aliphatic carbocycles. The van der Waals surface area contributed by atoms with Crippen LogP contribution in [0, 0.1) is 0 Å². The van der Waals surface area contributed by atoms with E-state index in [1.165, 1.54) is 21.5 Å². The van der Waals surface area contributed by atoms with Gasteiger partial charge in [-0.2, -0.15) is 0 Å². The average Bonchev–Trinajstić information content (AvgIpc) is 2.40. The molecule has 0 heteroatoms. The Morgan fingerprint density at radius 2 is 1.56 bits per heavy atom. The molecule has 3 aromatic carbocycles. The van der Waals surface area contributed by atoms with E-state index in [-0.39, 0.29) is 0 Å². The monoisotopic (exact) mass is 230 g/mol. The Bertz CT molecular complexity index is 854. The molecular weight excluding hydrogens is 216 g/mol. The molecule has 0 nitrogen and oxygen atoms in total. The molecule has 0 N–H and O–H groups in total. The fraction of sp³-hybridized carbons (Fsp3) is 0. The van der Waals surface area contributed by atoms with Crippen LogP contribution < -0.4 is 10.4 Å². The van der Waals surface area contributed by atoms with E-state index in [1.54, 1.807) is 0 Å². The SMILES string of the molecule is C=C/C=c1\c(=C)ccc2cc3ccccc3cc12. The predicted molar refractivity (Wildman–Crippen MR) is 80.9 cm³/mol. The summed E-state index contributed by atoms with van der Waals surface area (Å²) in [6, 6.07) is 17.1. The Balaban J connectivity index is 2.59. The first kappa shape index (κ1) is 10.8. The van der Waals surface area contributed by atoms with Crippen LogP contribution in [0.4, 0.5) is 0 Å². The van der Waals surface area contributed by atoms with Crippen molar-refractivity contribution in [1.29, 1.82) is 0 Å². The van der Waals surface area contributed by atoms with Gasteiger partial charge >= 0.3 is 0 Å². The van der Waals surface area contributed by atoms with Gasteiger partial charge in [0.15, 0.2) is 0 Å². The number of hydrogen-bond donors (Lipinski definition) is 0. The van der Waals surface area contributed by atoms with Gasteiger partial charge < -0.3 is 0 Å². The molecule has 18 heavy (non-hydrogen) atoms. The molecule has 0 spiro atoms. The highest BCUT2D eigenvalue weighted by Gasteiger charge is 1.99. The molecule has 0 saturated heterocycles. The molecule has 0 amide bonds. The molecule has 0 atom stereocenters. The maximum atomic E-state index is 4.09. The first-order valence-corrected chi connectivity index (χ1v) is 6.03. The molecule has 3 aromatic rings. The third kappa shape index (κ3) is 1.63. The second-order valence-corrected chi connectivity index (χ2v) is 4.46. The van der Waals surface area contributed by atoms with Crippen molar-refractivity contribution in [3.8, 4) is 0 Å². The summed E-state index contributed by atoms with van der Waals surface area (Å²) >= 11 is 0. The molecule has 0 heterocycles. The number of benzene rings is 3. The van der Waals surface area contributed by atoms with Crippen LogP contribution in [-0.2, 0) is 0 Å². The second kappa shape index (κ2) is 4.15. The first-order valence-electron chi connectivity index (χ1n) is 6.03. The van der Waals surface area contributed by atoms with Crippen LogP contribution in [0.1, 0.15) is 0 Å². The van der Waals surface area contributed by atoms with Crippen molar-refractivity contribution in [2.24, 2.45) is 0 Å². The Labute approximate surface area is 106 Å². The van der Waals surface area contributed by atoms with Crippen LogP contribution in [0.15, 0.2) is 61.2 Å². The maximum absolute atomic E-state index is 4.09. The summed E-state index contributed by atoms with van der Waals surface area (Å²) in [7, 11) is 0. The third-order valence-corrected chi connectivity index (χ3v) is 3.30. The van der Waals surface area contributed by atoms with Crippen LogP contribution in [0.5, 0.6) is 0 Å². The highest BCUT2D eigenvalue weighted by atomic mass is 14.0. The predicted octanol–water partition coefficient (Wildman–Crippen LogP) is 3.37. The van der Waals surface area contributed by atoms with E-state index in [1.807, 2.05) is 12.2 Å². The fourth-order valence-corrected chi connectivity index (χ4v) is 2.40. The summed E-state index contributed by atoms with van der Waals surface area (Å²) in [4.78, 5) is 0. The van der Waals surface area contributed by atoms with E-state index in [0.717, 1.165) is 10.4 Å². The molecular formula is C18H14. The standard InChI is InChI=1S/C18H14/c1-3-6-17-13(2)9-10-16-11-14-7-4-5-8-15(14)12-18(16)17/h3-12H,1-2H2/b17-6+. The van der Waals surface area contributed by atoms with E-state index in [9.17, 15) is 0 Å². The van der Waals surface area contributed by atoms with Crippen LogP contribution in [0.2, 0.25) is 0 Å². The lowest BCUT2D eigenvalue weighted by Crippen LogP contribution is -2.23. The van der Waals surface area contributed by atoms with E-state index >= 15 is 0 Å². The van der Waals surface area contributed by atoms with Crippen molar-refractivity contribution in [3.63, 3.8) is 0 Å². The Morgan fingerprint density at radius 3 is 2.28 bits per heavy atom. The molecule has 0 aliphatic heterocycles. The number of allylic oxidation sites excluding steroid dienone is 1. The highest BCUT2D eigenvalue weighted by molar-refractivity contribution is 5.98. The molecule has 3 rings (SSSR count). The summed E-state index contributed by atoms with van der Waals surface area (Å²) < 4.78 is 0. The first-order chi connectivity index (χ1) is 8.79. The van der Waals surface area contributed by atoms with Gasteiger partial charge in [0.1, 0.15) is 0 Å². The van der Waals surface area contributed by atoms with Gasteiger partial charge in [0.25, 0.3) is 0 Å². The smallest absolute Gasteiger partial charge is 0.00992 e. The van der Waals surface area contributed by atoms with Crippen molar-refractivity contribution in [2.45, 2.75) is 0 Å². The minimum absolute atomic E-state index is 1.04. The average molecular weight is 230 g/mol. The lowest BCUT2D eigenvalue weighted by atomic mass is 10.0. The molecule has 0 saturated carbocycles. The summed E-state index contributed by atoms with van der Waals surface area (Å²) in [5, 5.41) is 7.21. The van der Waals surface area contributed by atoms with Gasteiger partial charge in [-0.15, -0.1) is 0 Å². The van der Waals surface area contributed by atoms with E-state index < -0.39 is 0 Å². The lowest BCUT2D eigenvalue weighted by molar-refractivity contribution is 1.61. The van der Waals surface area contributed by atoms with Gasteiger partial charge in [-0.05, 0) is 44.1 Å². The highest BCUT2D eigenvalue weighted by Crippen LogP contribution is 2.19. The minimum Gasteiger partial charge on any atom is -0.0990 e. The van der Waals surface area contributed by atoms with Crippen LogP contribution in [0.3, 0.4) is 0 Å². The summed E-state index contributed by atoms with van der Waals surface area (Å²) in [6.07, 6.45) is 3.85. The third-order valence-electron chi connectivity index (χ3n) is 3.30. The van der Waals surface area contributed by atoms with Crippen LogP contribution >= 0.6 is 0 Å². The number of fused-ring (bicyclic) bond motifs is 2. The minimum atomic E-state index is 1.04. The Kier molecular flexibility index (Phi) is 2.49. The van der Waals surface area contributed by atoms with Gasteiger partial charge in [-0.25, -0.2) is 0 Å². The molecule has 0 fully saturated rings. The van der Waals surface area contributed by atoms with E-state index in [0.29, 0.717) is 0 Å². The fourth-order valence-electron chi connectivity index (χ4n) is 2.40. The molecule has 0 radical (unpaired) electrons. The van der Waals surface area contributed by atoms with Gasteiger partial charge in [-0.3, -0.25) is 0 Å². The number of rotatable bonds is 1.